The van der Waals surface area contributed by atoms with Crippen molar-refractivity contribution in [1.29, 1.82) is 0 Å². The second kappa shape index (κ2) is 10.7. The zero-order valence-corrected chi connectivity index (χ0v) is 21.9. The first-order valence-corrected chi connectivity index (χ1v) is 14.0. The van der Waals surface area contributed by atoms with Crippen molar-refractivity contribution < 1.29 is 22.7 Å². The van der Waals surface area contributed by atoms with Crippen molar-refractivity contribution >= 4 is 66.3 Å². The molecule has 0 atom stereocenters. The number of halogens is 1. The first kappa shape index (κ1) is 25.7. The Morgan fingerprint density at radius 1 is 1.00 bits per heavy atom. The van der Waals surface area contributed by atoms with Gasteiger partial charge in [-0.3, -0.25) is 9.10 Å². The van der Waals surface area contributed by atoms with Crippen LogP contribution in [-0.2, 0) is 21.3 Å². The van der Waals surface area contributed by atoms with E-state index in [1.807, 2.05) is 0 Å². The number of hydrogen-bond donors (Lipinski definition) is 1. The Kier molecular flexibility index (Phi) is 7.63. The molecule has 0 aliphatic heterocycles. The summed E-state index contributed by atoms with van der Waals surface area (Å²) in [6.45, 7) is 2.17. The number of carbonyl (C=O) groups excluding carboxylic acids is 2. The molecule has 0 bridgehead atoms. The summed E-state index contributed by atoms with van der Waals surface area (Å²) in [5, 5.41) is 4.15. The van der Waals surface area contributed by atoms with Crippen molar-refractivity contribution in [2.24, 2.45) is 0 Å². The molecule has 1 amide bonds. The maximum Gasteiger partial charge on any atom is 0.338 e. The Morgan fingerprint density at radius 2 is 1.69 bits per heavy atom. The number of anilines is 2. The molecule has 4 rings (SSSR count). The average Bonchev–Trinajstić information content (AvgIpc) is 3.27. The van der Waals surface area contributed by atoms with Crippen molar-refractivity contribution in [3.63, 3.8) is 0 Å². The Bertz CT molecular complexity index is 1510. The predicted molar refractivity (Wildman–Crippen MR) is 145 cm³/mol. The number of rotatable bonds is 8. The highest BCUT2D eigenvalue weighted by Crippen LogP contribution is 2.31. The smallest absolute Gasteiger partial charge is 0.338 e. The van der Waals surface area contributed by atoms with E-state index >= 15 is 0 Å². The zero-order valence-electron chi connectivity index (χ0n) is 19.5. The van der Waals surface area contributed by atoms with Gasteiger partial charge < -0.3 is 10.1 Å². The number of ether oxygens (including phenoxy) is 1. The number of thiophene rings is 1. The van der Waals surface area contributed by atoms with Crippen LogP contribution in [0.25, 0.3) is 10.1 Å². The van der Waals surface area contributed by atoms with Crippen LogP contribution in [0.2, 0.25) is 5.02 Å². The summed E-state index contributed by atoms with van der Waals surface area (Å²) >= 11 is 7.25. The molecule has 1 heterocycles. The summed E-state index contributed by atoms with van der Waals surface area (Å²) < 4.78 is 32.3. The number of nitrogens with zero attached hydrogens (tertiary/aromatic N) is 1. The van der Waals surface area contributed by atoms with E-state index in [0.29, 0.717) is 26.8 Å². The van der Waals surface area contributed by atoms with Gasteiger partial charge in [0.05, 0.1) is 35.5 Å². The summed E-state index contributed by atoms with van der Waals surface area (Å²) in [5.74, 6) is -0.724. The van der Waals surface area contributed by atoms with Crippen LogP contribution in [0.4, 0.5) is 11.4 Å². The molecule has 0 radical (unpaired) electrons. The Balaban J connectivity index is 1.55. The minimum Gasteiger partial charge on any atom is -0.462 e. The van der Waals surface area contributed by atoms with Gasteiger partial charge in [-0.15, -0.1) is 11.3 Å². The molecule has 0 unspecified atom stereocenters. The quantitative estimate of drug-likeness (QED) is 0.278. The molecule has 4 aromatic rings. The third-order valence-corrected chi connectivity index (χ3v) is 7.81. The SMILES string of the molecule is CCOC(=O)c1ccc(NC(=O)c2cc3cc(N(Cc4ccc(Cl)cc4)S(C)(=O)=O)ccc3s2)cc1. The molecular weight excluding hydrogens is 520 g/mol. The normalized spacial score (nSPS) is 11.3. The van der Waals surface area contributed by atoms with Crippen LogP contribution in [0.5, 0.6) is 0 Å². The van der Waals surface area contributed by atoms with Gasteiger partial charge in [0.15, 0.2) is 0 Å². The molecular formula is C26H23ClN2O5S2. The molecule has 1 aromatic heterocycles. The van der Waals surface area contributed by atoms with Gasteiger partial charge in [-0.05, 0) is 78.5 Å². The molecule has 0 aliphatic rings. The molecule has 0 spiro atoms. The number of benzene rings is 3. The summed E-state index contributed by atoms with van der Waals surface area (Å²) in [6, 6.07) is 20.5. The van der Waals surface area contributed by atoms with E-state index < -0.39 is 16.0 Å². The highest BCUT2D eigenvalue weighted by Gasteiger charge is 2.19. The van der Waals surface area contributed by atoms with Gasteiger partial charge in [-0.25, -0.2) is 13.2 Å². The predicted octanol–water partition coefficient (Wildman–Crippen LogP) is 5.95. The molecule has 186 valence electrons. The van der Waals surface area contributed by atoms with E-state index in [9.17, 15) is 18.0 Å². The highest BCUT2D eigenvalue weighted by molar-refractivity contribution is 7.92. The lowest BCUT2D eigenvalue weighted by Gasteiger charge is -2.22. The summed E-state index contributed by atoms with van der Waals surface area (Å²) in [6.07, 6.45) is 1.16. The number of carbonyl (C=O) groups is 2. The molecule has 36 heavy (non-hydrogen) atoms. The number of amides is 1. The van der Waals surface area contributed by atoms with Crippen molar-refractivity contribution in [2.75, 3.05) is 22.5 Å². The number of fused-ring (bicyclic) bond motifs is 1. The van der Waals surface area contributed by atoms with Crippen LogP contribution in [0, 0.1) is 0 Å². The summed E-state index contributed by atoms with van der Waals surface area (Å²) in [7, 11) is -3.57. The van der Waals surface area contributed by atoms with Crippen LogP contribution in [-0.4, -0.2) is 33.2 Å². The van der Waals surface area contributed by atoms with Crippen LogP contribution >= 0.6 is 22.9 Å². The van der Waals surface area contributed by atoms with E-state index in [4.69, 9.17) is 16.3 Å². The number of hydrogen-bond acceptors (Lipinski definition) is 6. The van der Waals surface area contributed by atoms with E-state index in [1.54, 1.807) is 79.7 Å². The monoisotopic (exact) mass is 542 g/mol. The van der Waals surface area contributed by atoms with Crippen molar-refractivity contribution in [1.82, 2.24) is 0 Å². The van der Waals surface area contributed by atoms with Gasteiger partial charge in [0.25, 0.3) is 5.91 Å². The largest absolute Gasteiger partial charge is 0.462 e. The van der Waals surface area contributed by atoms with Gasteiger partial charge >= 0.3 is 5.97 Å². The lowest BCUT2D eigenvalue weighted by molar-refractivity contribution is 0.0526. The van der Waals surface area contributed by atoms with Gasteiger partial charge in [0.2, 0.25) is 10.0 Å². The lowest BCUT2D eigenvalue weighted by atomic mass is 10.2. The van der Waals surface area contributed by atoms with Crippen molar-refractivity contribution in [2.45, 2.75) is 13.5 Å². The van der Waals surface area contributed by atoms with Crippen LogP contribution < -0.4 is 9.62 Å². The fourth-order valence-corrected chi connectivity index (χ4v) is 5.49. The minimum absolute atomic E-state index is 0.154. The fourth-order valence-electron chi connectivity index (χ4n) is 3.55. The van der Waals surface area contributed by atoms with Crippen molar-refractivity contribution in [3.05, 3.63) is 93.8 Å². The van der Waals surface area contributed by atoms with Gasteiger partial charge in [0, 0.05) is 15.4 Å². The van der Waals surface area contributed by atoms with Gasteiger partial charge in [-0.1, -0.05) is 23.7 Å². The van der Waals surface area contributed by atoms with E-state index in [-0.39, 0.29) is 19.1 Å². The minimum atomic E-state index is -3.57. The maximum atomic E-state index is 12.8. The first-order valence-electron chi connectivity index (χ1n) is 11.0. The van der Waals surface area contributed by atoms with Crippen LogP contribution in [0.15, 0.2) is 72.8 Å². The zero-order chi connectivity index (χ0) is 25.9. The van der Waals surface area contributed by atoms with E-state index in [0.717, 1.165) is 21.9 Å². The topological polar surface area (TPSA) is 92.8 Å². The average molecular weight is 543 g/mol. The highest BCUT2D eigenvalue weighted by atomic mass is 35.5. The molecule has 0 saturated carbocycles. The Morgan fingerprint density at radius 3 is 2.33 bits per heavy atom. The lowest BCUT2D eigenvalue weighted by Crippen LogP contribution is -2.29. The Hall–Kier alpha value is -3.40. The summed E-state index contributed by atoms with van der Waals surface area (Å²) in [4.78, 5) is 25.1. The fraction of sp³-hybridized carbons (Fsp3) is 0.154. The molecule has 10 heteroatoms. The first-order chi connectivity index (χ1) is 17.1. The van der Waals surface area contributed by atoms with Gasteiger partial charge in [-0.2, -0.15) is 0 Å². The van der Waals surface area contributed by atoms with E-state index in [2.05, 4.69) is 5.32 Å². The third kappa shape index (κ3) is 6.04. The van der Waals surface area contributed by atoms with Crippen LogP contribution in [0.1, 0.15) is 32.5 Å². The standard InChI is InChI=1S/C26H23ClN2O5S2/c1-3-34-26(31)18-6-10-21(11-7-18)28-25(30)24-15-19-14-22(12-13-23(19)35-24)29(36(2,32)33)16-17-4-8-20(27)9-5-17/h4-15H,3,16H2,1-2H3,(H,28,30). The summed E-state index contributed by atoms with van der Waals surface area (Å²) in [5.41, 5.74) is 2.24. The molecule has 0 aliphatic carbocycles. The maximum absolute atomic E-state index is 12.8. The van der Waals surface area contributed by atoms with E-state index in [1.165, 1.54) is 15.6 Å². The molecule has 0 saturated heterocycles. The molecule has 3 aromatic carbocycles. The Labute approximate surface area is 218 Å². The second-order valence-corrected chi connectivity index (χ2v) is 11.4. The second-order valence-electron chi connectivity index (χ2n) is 7.98. The number of sulfonamides is 1. The van der Waals surface area contributed by atoms with Crippen LogP contribution in [0.3, 0.4) is 0 Å². The molecule has 1 N–H and O–H groups in total. The number of nitrogens with one attached hydrogen (secondary N) is 1. The molecule has 7 nitrogen and oxygen atoms in total. The number of esters is 1. The molecule has 0 fully saturated rings. The van der Waals surface area contributed by atoms with Gasteiger partial charge in [0.1, 0.15) is 0 Å². The third-order valence-electron chi connectivity index (χ3n) is 5.31. The van der Waals surface area contributed by atoms with Crippen molar-refractivity contribution in [3.8, 4) is 0 Å².